The largest absolute Gasteiger partial charge is 0.441 e. The lowest BCUT2D eigenvalue weighted by Gasteiger charge is -2.32. The Bertz CT molecular complexity index is 353. The Kier molecular flexibility index (Phi) is 1.93. The van der Waals surface area contributed by atoms with E-state index in [0.29, 0.717) is 13.0 Å². The molecular formula is C11H15NO3. The van der Waals surface area contributed by atoms with Crippen molar-refractivity contribution >= 4 is 11.9 Å². The maximum atomic E-state index is 12.1. The molecule has 0 bridgehead atoms. The number of ether oxygens (including phenoxy) is 1. The van der Waals surface area contributed by atoms with E-state index in [1.807, 2.05) is 20.8 Å². The van der Waals surface area contributed by atoms with Crippen LogP contribution in [0.4, 0.5) is 0 Å². The van der Waals surface area contributed by atoms with Gasteiger partial charge in [-0.2, -0.15) is 0 Å². The molecule has 0 saturated carbocycles. The summed E-state index contributed by atoms with van der Waals surface area (Å²) in [5.74, 6) is -0.517. The van der Waals surface area contributed by atoms with Gasteiger partial charge in [0, 0.05) is 24.6 Å². The SMILES string of the molecule is CC(C)(C)N1CCC2(C=CC(=O)O2)C1=O. The summed E-state index contributed by atoms with van der Waals surface area (Å²) >= 11 is 0. The molecular weight excluding hydrogens is 194 g/mol. The summed E-state index contributed by atoms with van der Waals surface area (Å²) in [6.07, 6.45) is 3.48. The van der Waals surface area contributed by atoms with Crippen LogP contribution < -0.4 is 0 Å². The summed E-state index contributed by atoms with van der Waals surface area (Å²) in [4.78, 5) is 24.9. The topological polar surface area (TPSA) is 46.6 Å². The van der Waals surface area contributed by atoms with Gasteiger partial charge in [-0.25, -0.2) is 4.79 Å². The van der Waals surface area contributed by atoms with Crippen molar-refractivity contribution in [2.75, 3.05) is 6.54 Å². The van der Waals surface area contributed by atoms with Crippen LogP contribution in [0.25, 0.3) is 0 Å². The molecule has 1 atom stereocenters. The van der Waals surface area contributed by atoms with Crippen LogP contribution in [0, 0.1) is 0 Å². The quantitative estimate of drug-likeness (QED) is 0.556. The van der Waals surface area contributed by atoms with E-state index in [2.05, 4.69) is 0 Å². The smallest absolute Gasteiger partial charge is 0.331 e. The summed E-state index contributed by atoms with van der Waals surface area (Å²) in [5, 5.41) is 0. The number of likely N-dealkylation sites (tertiary alicyclic amines) is 1. The number of amides is 1. The zero-order valence-corrected chi connectivity index (χ0v) is 9.24. The third kappa shape index (κ3) is 1.44. The highest BCUT2D eigenvalue weighted by Crippen LogP contribution is 2.35. The molecule has 2 aliphatic rings. The van der Waals surface area contributed by atoms with Gasteiger partial charge in [-0.1, -0.05) is 0 Å². The molecule has 0 aromatic heterocycles. The first-order chi connectivity index (χ1) is 6.85. The Morgan fingerprint density at radius 1 is 1.40 bits per heavy atom. The van der Waals surface area contributed by atoms with E-state index >= 15 is 0 Å². The summed E-state index contributed by atoms with van der Waals surface area (Å²) < 4.78 is 5.11. The molecule has 1 amide bonds. The predicted octanol–water partition coefficient (Wildman–Crippen LogP) is 0.869. The number of hydrogen-bond donors (Lipinski definition) is 0. The van der Waals surface area contributed by atoms with Crippen LogP contribution in [0.1, 0.15) is 27.2 Å². The minimum atomic E-state index is -0.996. The normalized spacial score (nSPS) is 30.5. The number of carbonyl (C=O) groups excluding carboxylic acids is 2. The molecule has 2 heterocycles. The molecule has 4 heteroatoms. The number of esters is 1. The first-order valence-electron chi connectivity index (χ1n) is 5.09. The summed E-state index contributed by atoms with van der Waals surface area (Å²) in [6.45, 7) is 6.57. The monoisotopic (exact) mass is 209 g/mol. The van der Waals surface area contributed by atoms with E-state index in [1.54, 1.807) is 11.0 Å². The van der Waals surface area contributed by atoms with Gasteiger partial charge in [0.05, 0.1) is 0 Å². The van der Waals surface area contributed by atoms with Gasteiger partial charge in [-0.15, -0.1) is 0 Å². The van der Waals surface area contributed by atoms with E-state index in [9.17, 15) is 9.59 Å². The molecule has 0 N–H and O–H groups in total. The Morgan fingerprint density at radius 2 is 2.07 bits per heavy atom. The van der Waals surface area contributed by atoms with E-state index in [1.165, 1.54) is 6.08 Å². The average Bonchev–Trinajstić information content (AvgIpc) is 2.59. The van der Waals surface area contributed by atoms with Crippen molar-refractivity contribution in [1.82, 2.24) is 4.90 Å². The van der Waals surface area contributed by atoms with Gasteiger partial charge in [-0.3, -0.25) is 4.79 Å². The molecule has 82 valence electrons. The zero-order valence-electron chi connectivity index (χ0n) is 9.24. The number of hydrogen-bond acceptors (Lipinski definition) is 3. The second-order valence-electron chi connectivity index (χ2n) is 5.02. The number of nitrogens with zero attached hydrogens (tertiary/aromatic N) is 1. The second-order valence-corrected chi connectivity index (χ2v) is 5.02. The van der Waals surface area contributed by atoms with Crippen LogP contribution in [0.2, 0.25) is 0 Å². The molecule has 0 aromatic carbocycles. The maximum Gasteiger partial charge on any atom is 0.331 e. The minimum Gasteiger partial charge on any atom is -0.441 e. The second kappa shape index (κ2) is 2.84. The van der Waals surface area contributed by atoms with Crippen molar-refractivity contribution in [3.63, 3.8) is 0 Å². The summed E-state index contributed by atoms with van der Waals surface area (Å²) in [6, 6.07) is 0. The fourth-order valence-corrected chi connectivity index (χ4v) is 2.05. The molecule has 2 rings (SSSR count). The van der Waals surface area contributed by atoms with Crippen LogP contribution in [0.3, 0.4) is 0 Å². The molecule has 1 fully saturated rings. The molecule has 0 aromatic rings. The van der Waals surface area contributed by atoms with Crippen LogP contribution in [-0.2, 0) is 14.3 Å². The van der Waals surface area contributed by atoms with E-state index in [0.717, 1.165) is 0 Å². The van der Waals surface area contributed by atoms with Gasteiger partial charge in [0.15, 0.2) is 0 Å². The molecule has 15 heavy (non-hydrogen) atoms. The highest BCUT2D eigenvalue weighted by atomic mass is 16.6. The Balaban J connectivity index is 2.25. The van der Waals surface area contributed by atoms with Crippen molar-refractivity contribution in [2.24, 2.45) is 0 Å². The van der Waals surface area contributed by atoms with Gasteiger partial charge >= 0.3 is 5.97 Å². The minimum absolute atomic E-state index is 0.0999. The van der Waals surface area contributed by atoms with E-state index < -0.39 is 11.6 Å². The van der Waals surface area contributed by atoms with Gasteiger partial charge in [0.2, 0.25) is 5.60 Å². The molecule has 2 aliphatic heterocycles. The van der Waals surface area contributed by atoms with Crippen LogP contribution in [0.15, 0.2) is 12.2 Å². The van der Waals surface area contributed by atoms with Crippen molar-refractivity contribution in [3.8, 4) is 0 Å². The van der Waals surface area contributed by atoms with Crippen molar-refractivity contribution in [1.29, 1.82) is 0 Å². The Morgan fingerprint density at radius 3 is 2.47 bits per heavy atom. The lowest BCUT2D eigenvalue weighted by atomic mass is 10.0. The van der Waals surface area contributed by atoms with Gasteiger partial charge in [-0.05, 0) is 26.8 Å². The summed E-state index contributed by atoms with van der Waals surface area (Å²) in [7, 11) is 0. The fourth-order valence-electron chi connectivity index (χ4n) is 2.05. The molecule has 1 saturated heterocycles. The van der Waals surface area contributed by atoms with Gasteiger partial charge in [0.1, 0.15) is 0 Å². The maximum absolute atomic E-state index is 12.1. The Labute approximate surface area is 88.9 Å². The van der Waals surface area contributed by atoms with E-state index in [4.69, 9.17) is 4.74 Å². The van der Waals surface area contributed by atoms with Crippen molar-refractivity contribution in [2.45, 2.75) is 38.3 Å². The van der Waals surface area contributed by atoms with Crippen LogP contribution in [-0.4, -0.2) is 34.5 Å². The van der Waals surface area contributed by atoms with Crippen LogP contribution >= 0.6 is 0 Å². The molecule has 1 unspecified atom stereocenters. The van der Waals surface area contributed by atoms with Gasteiger partial charge < -0.3 is 9.64 Å². The van der Waals surface area contributed by atoms with E-state index in [-0.39, 0.29) is 11.4 Å². The lowest BCUT2D eigenvalue weighted by molar-refractivity contribution is -0.158. The molecule has 0 radical (unpaired) electrons. The zero-order chi connectivity index (χ0) is 11.3. The standard InChI is InChI=1S/C11H15NO3/c1-10(2,3)12-7-6-11(9(12)14)5-4-8(13)15-11/h4-5H,6-7H2,1-3H3. The third-order valence-corrected chi connectivity index (χ3v) is 2.90. The highest BCUT2D eigenvalue weighted by molar-refractivity contribution is 5.98. The predicted molar refractivity (Wildman–Crippen MR) is 54.0 cm³/mol. The molecule has 1 spiro atoms. The van der Waals surface area contributed by atoms with Crippen molar-refractivity contribution < 1.29 is 14.3 Å². The third-order valence-electron chi connectivity index (χ3n) is 2.90. The highest BCUT2D eigenvalue weighted by Gasteiger charge is 2.52. The Hall–Kier alpha value is -1.32. The fraction of sp³-hybridized carbons (Fsp3) is 0.636. The summed E-state index contributed by atoms with van der Waals surface area (Å²) in [5.41, 5.74) is -1.21. The first-order valence-corrected chi connectivity index (χ1v) is 5.09. The lowest BCUT2D eigenvalue weighted by Crippen LogP contribution is -2.47. The molecule has 0 aliphatic carbocycles. The number of carbonyl (C=O) groups is 2. The van der Waals surface area contributed by atoms with Gasteiger partial charge in [0.25, 0.3) is 5.91 Å². The van der Waals surface area contributed by atoms with Crippen LogP contribution in [0.5, 0.6) is 0 Å². The average molecular weight is 209 g/mol. The number of rotatable bonds is 0. The first kappa shape index (κ1) is 10.2. The molecule has 4 nitrogen and oxygen atoms in total. The van der Waals surface area contributed by atoms with Crippen molar-refractivity contribution in [3.05, 3.63) is 12.2 Å².